The van der Waals surface area contributed by atoms with Crippen molar-refractivity contribution in [2.24, 2.45) is 0 Å². The Balaban J connectivity index is 1.65. The summed E-state index contributed by atoms with van der Waals surface area (Å²) in [5, 5.41) is 9.30. The van der Waals surface area contributed by atoms with Gasteiger partial charge in [0, 0.05) is 35.2 Å². The van der Waals surface area contributed by atoms with Gasteiger partial charge in [0.15, 0.2) is 0 Å². The number of amides is 1. The second kappa shape index (κ2) is 8.99. The quantitative estimate of drug-likeness (QED) is 0.554. The van der Waals surface area contributed by atoms with E-state index in [2.05, 4.69) is 32.8 Å². The SMILES string of the molecule is CCNc1cc(C)nc(Nc2ccc(NC(=O)c3ccc(CC)cc3)cc2)n1. The van der Waals surface area contributed by atoms with Gasteiger partial charge in [0.05, 0.1) is 0 Å². The van der Waals surface area contributed by atoms with Gasteiger partial charge < -0.3 is 16.0 Å². The minimum absolute atomic E-state index is 0.124. The third-order valence-corrected chi connectivity index (χ3v) is 4.24. The number of aromatic nitrogens is 2. The summed E-state index contributed by atoms with van der Waals surface area (Å²) < 4.78 is 0. The van der Waals surface area contributed by atoms with Gasteiger partial charge in [0.2, 0.25) is 5.95 Å². The van der Waals surface area contributed by atoms with Gasteiger partial charge in [-0.3, -0.25) is 4.79 Å². The summed E-state index contributed by atoms with van der Waals surface area (Å²) in [6.07, 6.45) is 0.955. The maximum Gasteiger partial charge on any atom is 0.255 e. The van der Waals surface area contributed by atoms with Crippen LogP contribution in [0.5, 0.6) is 0 Å². The van der Waals surface area contributed by atoms with Gasteiger partial charge in [-0.15, -0.1) is 0 Å². The van der Waals surface area contributed by atoms with Gasteiger partial charge >= 0.3 is 0 Å². The Morgan fingerprint density at radius 1 is 0.929 bits per heavy atom. The minimum Gasteiger partial charge on any atom is -0.370 e. The number of rotatable bonds is 7. The monoisotopic (exact) mass is 375 g/mol. The fraction of sp³-hybridized carbons (Fsp3) is 0.227. The Morgan fingerprint density at radius 2 is 1.61 bits per heavy atom. The van der Waals surface area contributed by atoms with E-state index in [0.29, 0.717) is 11.5 Å². The van der Waals surface area contributed by atoms with E-state index in [-0.39, 0.29) is 5.91 Å². The van der Waals surface area contributed by atoms with Crippen molar-refractivity contribution in [1.29, 1.82) is 0 Å². The second-order valence-electron chi connectivity index (χ2n) is 6.46. The average molecular weight is 375 g/mol. The normalized spacial score (nSPS) is 10.4. The minimum atomic E-state index is -0.124. The molecule has 6 heteroatoms. The molecule has 0 radical (unpaired) electrons. The Morgan fingerprint density at radius 3 is 2.25 bits per heavy atom. The molecule has 0 fully saturated rings. The topological polar surface area (TPSA) is 78.9 Å². The van der Waals surface area contributed by atoms with Crippen LogP contribution in [0.1, 0.15) is 35.5 Å². The molecule has 0 aliphatic heterocycles. The van der Waals surface area contributed by atoms with E-state index in [1.165, 1.54) is 5.56 Å². The molecule has 0 atom stereocenters. The number of carbonyl (C=O) groups excluding carboxylic acids is 1. The average Bonchev–Trinajstić information content (AvgIpc) is 2.69. The van der Waals surface area contributed by atoms with E-state index in [9.17, 15) is 4.79 Å². The van der Waals surface area contributed by atoms with E-state index in [0.717, 1.165) is 35.9 Å². The van der Waals surface area contributed by atoms with Crippen LogP contribution >= 0.6 is 0 Å². The fourth-order valence-corrected chi connectivity index (χ4v) is 2.76. The van der Waals surface area contributed by atoms with Gasteiger partial charge in [-0.2, -0.15) is 4.98 Å². The molecule has 144 valence electrons. The van der Waals surface area contributed by atoms with E-state index >= 15 is 0 Å². The summed E-state index contributed by atoms with van der Waals surface area (Å²) >= 11 is 0. The van der Waals surface area contributed by atoms with Crippen LogP contribution in [0.4, 0.5) is 23.1 Å². The first-order chi connectivity index (χ1) is 13.6. The van der Waals surface area contributed by atoms with Crippen molar-refractivity contribution in [3.63, 3.8) is 0 Å². The highest BCUT2D eigenvalue weighted by Crippen LogP contribution is 2.19. The van der Waals surface area contributed by atoms with Crippen LogP contribution in [0, 0.1) is 6.92 Å². The van der Waals surface area contributed by atoms with Crippen molar-refractivity contribution in [2.75, 3.05) is 22.5 Å². The van der Waals surface area contributed by atoms with Crippen LogP contribution in [0.15, 0.2) is 54.6 Å². The molecule has 6 nitrogen and oxygen atoms in total. The predicted molar refractivity (Wildman–Crippen MR) is 114 cm³/mol. The zero-order valence-corrected chi connectivity index (χ0v) is 16.4. The first kappa shape index (κ1) is 19.4. The van der Waals surface area contributed by atoms with Gasteiger partial charge in [-0.1, -0.05) is 19.1 Å². The largest absolute Gasteiger partial charge is 0.370 e. The van der Waals surface area contributed by atoms with Crippen molar-refractivity contribution in [3.8, 4) is 0 Å². The number of aryl methyl sites for hydroxylation is 2. The second-order valence-corrected chi connectivity index (χ2v) is 6.46. The number of carbonyl (C=O) groups is 1. The summed E-state index contributed by atoms with van der Waals surface area (Å²) in [5.74, 6) is 1.19. The standard InChI is InChI=1S/C22H25N5O/c1-4-16-6-8-17(9-7-16)21(28)25-18-10-12-19(13-11-18)26-22-24-15(3)14-20(27-22)23-5-2/h6-14H,4-5H2,1-3H3,(H,25,28)(H2,23,24,26,27). The molecular formula is C22H25N5O. The Labute approximate surface area is 165 Å². The van der Waals surface area contributed by atoms with E-state index in [1.807, 2.05) is 68.4 Å². The summed E-state index contributed by atoms with van der Waals surface area (Å²) in [6, 6.07) is 17.0. The van der Waals surface area contributed by atoms with Crippen molar-refractivity contribution in [3.05, 3.63) is 71.4 Å². The molecule has 0 saturated carbocycles. The molecule has 1 aromatic heterocycles. The van der Waals surface area contributed by atoms with Crippen LogP contribution < -0.4 is 16.0 Å². The molecule has 28 heavy (non-hydrogen) atoms. The van der Waals surface area contributed by atoms with Crippen molar-refractivity contribution in [2.45, 2.75) is 27.2 Å². The summed E-state index contributed by atoms with van der Waals surface area (Å²) in [6.45, 7) is 6.84. The molecule has 0 aliphatic rings. The third-order valence-electron chi connectivity index (χ3n) is 4.24. The van der Waals surface area contributed by atoms with Crippen molar-refractivity contribution in [1.82, 2.24) is 9.97 Å². The zero-order valence-electron chi connectivity index (χ0n) is 16.4. The molecular weight excluding hydrogens is 350 g/mol. The predicted octanol–water partition coefficient (Wildman–Crippen LogP) is 4.78. The van der Waals surface area contributed by atoms with Crippen LogP contribution in [0.3, 0.4) is 0 Å². The smallest absolute Gasteiger partial charge is 0.255 e. The molecule has 0 bridgehead atoms. The maximum atomic E-state index is 12.4. The number of nitrogens with one attached hydrogen (secondary N) is 3. The maximum absolute atomic E-state index is 12.4. The highest BCUT2D eigenvalue weighted by molar-refractivity contribution is 6.04. The Bertz CT molecular complexity index is 936. The molecule has 1 amide bonds. The van der Waals surface area contributed by atoms with E-state index in [1.54, 1.807) is 0 Å². The van der Waals surface area contributed by atoms with Gasteiger partial charge in [-0.25, -0.2) is 4.98 Å². The molecule has 0 unspecified atom stereocenters. The fourth-order valence-electron chi connectivity index (χ4n) is 2.76. The van der Waals surface area contributed by atoms with Crippen LogP contribution in [0.2, 0.25) is 0 Å². The summed E-state index contributed by atoms with van der Waals surface area (Å²) in [4.78, 5) is 21.2. The lowest BCUT2D eigenvalue weighted by Gasteiger charge is -2.10. The van der Waals surface area contributed by atoms with E-state index < -0.39 is 0 Å². The molecule has 2 aromatic carbocycles. The van der Waals surface area contributed by atoms with Gasteiger partial charge in [0.25, 0.3) is 5.91 Å². The lowest BCUT2D eigenvalue weighted by atomic mass is 10.1. The number of hydrogen-bond acceptors (Lipinski definition) is 5. The highest BCUT2D eigenvalue weighted by atomic mass is 16.1. The summed E-state index contributed by atoms with van der Waals surface area (Å²) in [5.41, 5.74) is 4.31. The van der Waals surface area contributed by atoms with Gasteiger partial charge in [-0.05, 0) is 62.2 Å². The molecule has 3 rings (SSSR count). The first-order valence-electron chi connectivity index (χ1n) is 9.44. The van der Waals surface area contributed by atoms with Crippen LogP contribution in [-0.4, -0.2) is 22.4 Å². The van der Waals surface area contributed by atoms with Crippen LogP contribution in [-0.2, 0) is 6.42 Å². The third kappa shape index (κ3) is 5.07. The number of anilines is 4. The first-order valence-corrected chi connectivity index (χ1v) is 9.44. The lowest BCUT2D eigenvalue weighted by molar-refractivity contribution is 0.102. The molecule has 3 N–H and O–H groups in total. The van der Waals surface area contributed by atoms with Crippen LogP contribution in [0.25, 0.3) is 0 Å². The molecule has 0 aliphatic carbocycles. The number of hydrogen-bond donors (Lipinski definition) is 3. The Hall–Kier alpha value is -3.41. The van der Waals surface area contributed by atoms with Crippen molar-refractivity contribution >= 4 is 29.0 Å². The number of benzene rings is 2. The Kier molecular flexibility index (Phi) is 6.22. The number of nitrogens with zero attached hydrogens (tertiary/aromatic N) is 2. The van der Waals surface area contributed by atoms with E-state index in [4.69, 9.17) is 0 Å². The van der Waals surface area contributed by atoms with Gasteiger partial charge in [0.1, 0.15) is 5.82 Å². The summed E-state index contributed by atoms with van der Waals surface area (Å²) in [7, 11) is 0. The van der Waals surface area contributed by atoms with Crippen molar-refractivity contribution < 1.29 is 4.79 Å². The molecule has 0 spiro atoms. The highest BCUT2D eigenvalue weighted by Gasteiger charge is 2.07. The molecule has 3 aromatic rings. The zero-order chi connectivity index (χ0) is 19.9. The lowest BCUT2D eigenvalue weighted by Crippen LogP contribution is -2.11. The molecule has 0 saturated heterocycles. The molecule has 1 heterocycles.